The fourth-order valence-corrected chi connectivity index (χ4v) is 12.8. The van der Waals surface area contributed by atoms with E-state index in [9.17, 15) is 86.2 Å². The molecule has 0 aromatic rings. The lowest BCUT2D eigenvalue weighted by atomic mass is 9.94. The summed E-state index contributed by atoms with van der Waals surface area (Å²) >= 11 is 0. The van der Waals surface area contributed by atoms with E-state index >= 15 is 0 Å². The first-order chi connectivity index (χ1) is 45.7. The monoisotopic (exact) mass is 1370 g/mol. The van der Waals surface area contributed by atoms with E-state index in [1.807, 2.05) is 6.08 Å². The lowest BCUT2D eigenvalue weighted by Gasteiger charge is -2.50. The Balaban J connectivity index is 1.23. The predicted molar refractivity (Wildman–Crippen MR) is 339 cm³/mol. The molecule has 27 atom stereocenters. The highest BCUT2D eigenvalue weighted by Gasteiger charge is 2.57. The number of carbonyl (C=O) groups is 2. The third-order valence-electron chi connectivity index (χ3n) is 18.7. The third kappa shape index (κ3) is 25.9. The summed E-state index contributed by atoms with van der Waals surface area (Å²) in [6, 6.07) is -2.70. The van der Waals surface area contributed by atoms with E-state index in [0.717, 1.165) is 51.9 Å². The van der Waals surface area contributed by atoms with Crippen molar-refractivity contribution in [3.05, 3.63) is 12.2 Å². The van der Waals surface area contributed by atoms with Crippen LogP contribution in [0, 0.1) is 0 Å². The van der Waals surface area contributed by atoms with Gasteiger partial charge in [-0.05, 0) is 26.2 Å². The van der Waals surface area contributed by atoms with Gasteiger partial charge in [-0.3, -0.25) is 9.59 Å². The van der Waals surface area contributed by atoms with Gasteiger partial charge in [0, 0.05) is 13.3 Å². The lowest BCUT2D eigenvalue weighted by molar-refractivity contribution is -0.389. The molecule has 95 heavy (non-hydrogen) atoms. The molecule has 10 unspecified atom stereocenters. The summed E-state index contributed by atoms with van der Waals surface area (Å²) in [7, 11) is 0. The van der Waals surface area contributed by atoms with Gasteiger partial charge in [-0.15, -0.1) is 0 Å². The summed E-state index contributed by atoms with van der Waals surface area (Å²) in [5.41, 5.74) is 0. The molecule has 0 aromatic carbocycles. The number of nitrogens with one attached hydrogen (secondary N) is 2. The zero-order valence-electron chi connectivity index (χ0n) is 56.3. The molecule has 0 radical (unpaired) electrons. The highest BCUT2D eigenvalue weighted by Crippen LogP contribution is 2.36. The quantitative estimate of drug-likeness (QED) is 0.0279. The van der Waals surface area contributed by atoms with Gasteiger partial charge in [0.1, 0.15) is 116 Å². The summed E-state index contributed by atoms with van der Waals surface area (Å²) in [6.07, 6.45) is -13.0. The predicted octanol–water partition coefficient (Wildman–Crippen LogP) is -0.145. The molecule has 556 valence electrons. The van der Waals surface area contributed by atoms with Gasteiger partial charge in [-0.1, -0.05) is 167 Å². The lowest BCUT2D eigenvalue weighted by Crippen LogP contribution is -2.70. The van der Waals surface area contributed by atoms with E-state index in [1.165, 1.54) is 110 Å². The Bertz CT molecular complexity index is 2090. The normalized spacial score (nSPS) is 36.9. The Kier molecular flexibility index (Phi) is 39.3. The number of unbranched alkanes of at least 4 members (excludes halogenated alkanes) is 23. The summed E-state index contributed by atoms with van der Waals surface area (Å²) < 4.78 is 58.6. The molecular formula is C66H120N2O27. The Morgan fingerprint density at radius 1 is 0.432 bits per heavy atom. The molecule has 29 heteroatoms. The number of hydrogen-bond donors (Lipinski definition) is 17. The molecule has 17 N–H and O–H groups in total. The molecule has 29 nitrogen and oxygen atoms in total. The van der Waals surface area contributed by atoms with Crippen LogP contribution in [-0.4, -0.2) is 287 Å². The summed E-state index contributed by atoms with van der Waals surface area (Å²) in [4.78, 5) is 26.1. The number of ether oxygens (including phenoxy) is 10. The van der Waals surface area contributed by atoms with Gasteiger partial charge in [-0.25, -0.2) is 0 Å². The van der Waals surface area contributed by atoms with Crippen molar-refractivity contribution < 1.29 is 134 Å². The van der Waals surface area contributed by atoms with E-state index in [1.54, 1.807) is 6.08 Å². The molecular weight excluding hydrogens is 1250 g/mol. The Morgan fingerprint density at radius 3 is 1.29 bits per heavy atom. The van der Waals surface area contributed by atoms with Crippen LogP contribution in [0.4, 0.5) is 0 Å². The van der Waals surface area contributed by atoms with Gasteiger partial charge < -0.3 is 135 Å². The molecule has 5 saturated heterocycles. The van der Waals surface area contributed by atoms with Crippen LogP contribution >= 0.6 is 0 Å². The van der Waals surface area contributed by atoms with Gasteiger partial charge >= 0.3 is 0 Å². The summed E-state index contributed by atoms with van der Waals surface area (Å²) in [5, 5.41) is 171. The van der Waals surface area contributed by atoms with Crippen molar-refractivity contribution in [2.45, 2.75) is 360 Å². The van der Waals surface area contributed by atoms with E-state index in [4.69, 9.17) is 47.4 Å². The highest BCUT2D eigenvalue weighted by molar-refractivity contribution is 5.76. The van der Waals surface area contributed by atoms with Crippen molar-refractivity contribution in [2.75, 3.05) is 33.0 Å². The van der Waals surface area contributed by atoms with Crippen LogP contribution in [0.5, 0.6) is 0 Å². The molecule has 0 bridgehead atoms. The second kappa shape index (κ2) is 44.8. The minimum atomic E-state index is -2.20. The van der Waals surface area contributed by atoms with Crippen molar-refractivity contribution >= 4 is 11.8 Å². The Hall–Kier alpha value is -2.32. The molecule has 0 spiro atoms. The standard InChI is InChI=1S/C66H120N2O27/c1-5-7-9-11-13-15-17-19-21-23-25-27-29-31-41(74)40(68-46(75)32-30-28-26-24-22-20-18-16-14-12-10-8-6-2)37-86-63-55(83)53(81)58(45(36-72)91-63)92-65-57(85)61(51(79)44(35-71)89-65)95-66-56(84)60(50(78)43(34-70)90-66)94-62-47(67-39(4)73)59(49(77)42(33-69)88-62)93-64-54(82)52(80)48(76)38(3)87-64/h29,31,38,40-45,47-66,69-72,74,76-85H,5-28,30,32-37H2,1-4H3,(H,67,73)(H,68,75)/b31-29+/t38?,40-,41+,42?,43?,44?,45?,47?,48+,49+,50-,51-,52?,53+,54-,55?,56?,57?,58+,59+,60-,61-,62-,63+,64+,65-,66+/m0/s1. The van der Waals surface area contributed by atoms with Gasteiger partial charge in [0.2, 0.25) is 11.8 Å². The van der Waals surface area contributed by atoms with Crippen molar-refractivity contribution in [3.8, 4) is 0 Å². The number of aliphatic hydroxyl groups is 15. The minimum absolute atomic E-state index is 0.195. The first kappa shape index (κ1) is 83.3. The summed E-state index contributed by atoms with van der Waals surface area (Å²) in [6.45, 7) is 2.62. The molecule has 2 amide bonds. The maximum Gasteiger partial charge on any atom is 0.220 e. The van der Waals surface area contributed by atoms with Crippen LogP contribution in [0.3, 0.4) is 0 Å². The van der Waals surface area contributed by atoms with Crippen LogP contribution in [-0.2, 0) is 57.0 Å². The van der Waals surface area contributed by atoms with Crippen molar-refractivity contribution in [3.63, 3.8) is 0 Å². The SMILES string of the molecule is CCCCCCCCCCCCC/C=C/[C@@H](O)[C@H](CO[C@@H]1OC(CO)[C@@H](O[C@@H]2OC(CO)[C@H](O)[C@H](O[C@H]3OC(CO)[C@H](O)[C@H](O[C@@H]4OC(CO)[C@@H](O)[C@H](O[C@H]5OC(C)[C@@H](O)C(O)[C@@H]5O)C4NC(C)=O)C3O)C2O)[C@H](O)C1O)NC(=O)CCCCCCCCCCCCCCC. The number of allylic oxidation sites excluding steroid dienone is 1. The topological polar surface area (TPSA) is 454 Å². The highest BCUT2D eigenvalue weighted by atomic mass is 16.8. The van der Waals surface area contributed by atoms with Gasteiger partial charge in [-0.2, -0.15) is 0 Å². The van der Waals surface area contributed by atoms with E-state index in [-0.39, 0.29) is 12.3 Å². The van der Waals surface area contributed by atoms with Crippen molar-refractivity contribution in [2.24, 2.45) is 0 Å². The Labute approximate surface area is 559 Å². The van der Waals surface area contributed by atoms with E-state index < -0.39 is 205 Å². The molecule has 5 rings (SSSR count). The number of aliphatic hydroxyl groups excluding tert-OH is 15. The maximum atomic E-state index is 13.4. The minimum Gasteiger partial charge on any atom is -0.394 e. The van der Waals surface area contributed by atoms with Crippen LogP contribution < -0.4 is 10.6 Å². The molecule has 0 aromatic heterocycles. The van der Waals surface area contributed by atoms with Gasteiger partial charge in [0.05, 0.1) is 51.3 Å². The van der Waals surface area contributed by atoms with Gasteiger partial charge in [0.25, 0.3) is 0 Å². The maximum absolute atomic E-state index is 13.4. The molecule has 5 aliphatic rings. The fourth-order valence-electron chi connectivity index (χ4n) is 12.8. The number of amides is 2. The zero-order valence-corrected chi connectivity index (χ0v) is 56.3. The van der Waals surface area contributed by atoms with Crippen LogP contribution in [0.15, 0.2) is 12.2 Å². The first-order valence-corrected chi connectivity index (χ1v) is 35.3. The van der Waals surface area contributed by atoms with Gasteiger partial charge in [0.15, 0.2) is 31.5 Å². The zero-order chi connectivity index (χ0) is 69.6. The second-order valence-corrected chi connectivity index (χ2v) is 26.4. The van der Waals surface area contributed by atoms with Crippen LogP contribution in [0.25, 0.3) is 0 Å². The van der Waals surface area contributed by atoms with Crippen LogP contribution in [0.1, 0.15) is 195 Å². The third-order valence-corrected chi connectivity index (χ3v) is 18.7. The smallest absolute Gasteiger partial charge is 0.220 e. The van der Waals surface area contributed by atoms with Crippen LogP contribution in [0.2, 0.25) is 0 Å². The summed E-state index contributed by atoms with van der Waals surface area (Å²) in [5.74, 6) is -1.11. The number of hydrogen-bond acceptors (Lipinski definition) is 27. The molecule has 0 aliphatic carbocycles. The average molecular weight is 1370 g/mol. The largest absolute Gasteiger partial charge is 0.394 e. The molecule has 0 saturated carbocycles. The molecule has 5 heterocycles. The van der Waals surface area contributed by atoms with Crippen molar-refractivity contribution in [1.82, 2.24) is 10.6 Å². The van der Waals surface area contributed by atoms with E-state index in [0.29, 0.717) is 12.8 Å². The Morgan fingerprint density at radius 2 is 0.821 bits per heavy atom. The molecule has 5 fully saturated rings. The molecule has 5 aliphatic heterocycles. The fraction of sp³-hybridized carbons (Fsp3) is 0.939. The number of carbonyl (C=O) groups excluding carboxylic acids is 2. The average Bonchev–Trinajstić information content (AvgIpc) is 0.777. The first-order valence-electron chi connectivity index (χ1n) is 35.3. The van der Waals surface area contributed by atoms with E-state index in [2.05, 4.69) is 24.5 Å². The van der Waals surface area contributed by atoms with Crippen molar-refractivity contribution in [1.29, 1.82) is 0 Å². The second-order valence-electron chi connectivity index (χ2n) is 26.4. The number of rotatable bonds is 45.